The molecule has 0 spiro atoms. The number of nitrogens with zero attached hydrogens (tertiary/aromatic N) is 2. The number of aliphatic imine (C=N–C) groups is 1. The Morgan fingerprint density at radius 1 is 1.25 bits per heavy atom. The second-order valence-electron chi connectivity index (χ2n) is 8.34. The lowest BCUT2D eigenvalue weighted by molar-refractivity contribution is -0.118. The lowest BCUT2D eigenvalue weighted by atomic mass is 9.93. The van der Waals surface area contributed by atoms with Crippen LogP contribution in [0.15, 0.2) is 4.99 Å². The summed E-state index contributed by atoms with van der Waals surface area (Å²) in [5.41, 5.74) is 0. The van der Waals surface area contributed by atoms with E-state index >= 15 is 0 Å². The summed E-state index contributed by atoms with van der Waals surface area (Å²) in [5.74, 6) is 2.14. The molecule has 1 amide bonds. The van der Waals surface area contributed by atoms with Crippen LogP contribution in [0.3, 0.4) is 0 Å². The molecule has 2 bridgehead atoms. The van der Waals surface area contributed by atoms with Gasteiger partial charge in [-0.2, -0.15) is 4.99 Å². The number of amidine groups is 1. The number of thioether (sulfide) groups is 1. The highest BCUT2D eigenvalue weighted by Crippen LogP contribution is 2.51. The van der Waals surface area contributed by atoms with Gasteiger partial charge in [0.2, 0.25) is 5.91 Å². The van der Waals surface area contributed by atoms with Crippen molar-refractivity contribution in [1.29, 1.82) is 0 Å². The zero-order valence-electron chi connectivity index (χ0n) is 14.3. The maximum Gasteiger partial charge on any atom is 0.248 e. The van der Waals surface area contributed by atoms with Crippen molar-refractivity contribution in [1.82, 2.24) is 4.90 Å². The molecule has 4 aliphatic rings. The highest BCUT2D eigenvalue weighted by molar-refractivity contribution is 8.15. The van der Waals surface area contributed by atoms with Gasteiger partial charge in [-0.15, -0.1) is 0 Å². The molecule has 4 fully saturated rings. The minimum atomic E-state index is -2.95. The molecule has 0 N–H and O–H groups in total. The molecule has 2 aliphatic carbocycles. The molecule has 7 heteroatoms. The lowest BCUT2D eigenvalue weighted by Gasteiger charge is -2.36. The van der Waals surface area contributed by atoms with Gasteiger partial charge in [0.15, 0.2) is 15.0 Å². The van der Waals surface area contributed by atoms with Crippen LogP contribution in [0.4, 0.5) is 0 Å². The van der Waals surface area contributed by atoms with Crippen molar-refractivity contribution in [2.24, 2.45) is 22.7 Å². The second-order valence-corrected chi connectivity index (χ2v) is 11.7. The molecule has 2 saturated heterocycles. The molecule has 24 heavy (non-hydrogen) atoms. The summed E-state index contributed by atoms with van der Waals surface area (Å²) >= 11 is 1.54. The monoisotopic (exact) mass is 370 g/mol. The first kappa shape index (κ1) is 16.9. The van der Waals surface area contributed by atoms with Crippen molar-refractivity contribution in [3.8, 4) is 0 Å². The highest BCUT2D eigenvalue weighted by atomic mass is 32.2. The molecule has 4 rings (SSSR count). The number of sulfone groups is 1. The maximum atomic E-state index is 12.2. The van der Waals surface area contributed by atoms with E-state index in [2.05, 4.69) is 9.89 Å². The number of amides is 1. The molecule has 134 valence electrons. The SMILES string of the molecule is CC(C)CC(=O)N=C1S[C@H]2CS(=O)(=O)C[C@@H]2N1[C@@H]1C[C@@H]2CC[C@@H]1C2. The predicted octanol–water partition coefficient (Wildman–Crippen LogP) is 2.32. The summed E-state index contributed by atoms with van der Waals surface area (Å²) in [5, 5.41) is 0.864. The molecule has 2 saturated carbocycles. The average molecular weight is 371 g/mol. The number of carbonyl (C=O) groups is 1. The Labute approximate surface area is 148 Å². The third kappa shape index (κ3) is 3.02. The van der Waals surface area contributed by atoms with Crippen molar-refractivity contribution < 1.29 is 13.2 Å². The van der Waals surface area contributed by atoms with Gasteiger partial charge in [0.1, 0.15) is 0 Å². The van der Waals surface area contributed by atoms with E-state index in [-0.39, 0.29) is 28.7 Å². The van der Waals surface area contributed by atoms with Crippen molar-refractivity contribution in [3.63, 3.8) is 0 Å². The molecular formula is C17H26N2O3S2. The summed E-state index contributed by atoms with van der Waals surface area (Å²) in [6.07, 6.45) is 5.43. The van der Waals surface area contributed by atoms with Crippen LogP contribution >= 0.6 is 11.8 Å². The van der Waals surface area contributed by atoms with E-state index in [4.69, 9.17) is 0 Å². The molecule has 5 atom stereocenters. The summed E-state index contributed by atoms with van der Waals surface area (Å²) in [7, 11) is -2.95. The standard InChI is InChI=1S/C17H26N2O3S2/c1-10(2)5-16(20)18-17-19(13-7-11-3-4-12(13)6-11)14-8-24(21,22)9-15(14)23-17/h10-15H,3-9H2,1-2H3/t11-,12-,13-,14+,15+/m1/s1. The fourth-order valence-corrected chi connectivity index (χ4v) is 9.02. The largest absolute Gasteiger partial charge is 0.343 e. The van der Waals surface area contributed by atoms with Gasteiger partial charge in [-0.05, 0) is 37.0 Å². The number of hydrogen-bond acceptors (Lipinski definition) is 4. The summed E-state index contributed by atoms with van der Waals surface area (Å²) in [4.78, 5) is 18.9. The Balaban J connectivity index is 1.61. The third-order valence-electron chi connectivity index (χ3n) is 5.97. The molecule has 5 nitrogen and oxygen atoms in total. The Morgan fingerprint density at radius 2 is 2.04 bits per heavy atom. The van der Waals surface area contributed by atoms with Crippen LogP contribution in [-0.4, -0.2) is 53.2 Å². The van der Waals surface area contributed by atoms with E-state index in [0.717, 1.165) is 17.5 Å². The smallest absolute Gasteiger partial charge is 0.248 e. The Morgan fingerprint density at radius 3 is 2.67 bits per heavy atom. The fraction of sp³-hybridized carbons (Fsp3) is 0.882. The summed E-state index contributed by atoms with van der Waals surface area (Å²) < 4.78 is 24.2. The molecule has 0 radical (unpaired) electrons. The zero-order valence-corrected chi connectivity index (χ0v) is 16.0. The topological polar surface area (TPSA) is 66.8 Å². The average Bonchev–Trinajstić information content (AvgIpc) is 3.16. The van der Waals surface area contributed by atoms with Crippen molar-refractivity contribution in [2.45, 2.75) is 63.3 Å². The van der Waals surface area contributed by atoms with Gasteiger partial charge < -0.3 is 4.90 Å². The van der Waals surface area contributed by atoms with Crippen molar-refractivity contribution in [2.75, 3.05) is 11.5 Å². The van der Waals surface area contributed by atoms with Crippen molar-refractivity contribution in [3.05, 3.63) is 0 Å². The molecule has 2 heterocycles. The number of fused-ring (bicyclic) bond motifs is 3. The van der Waals surface area contributed by atoms with Crippen LogP contribution in [0.1, 0.15) is 46.0 Å². The zero-order chi connectivity index (χ0) is 17.1. The maximum absolute atomic E-state index is 12.2. The van der Waals surface area contributed by atoms with Crippen LogP contribution in [0.25, 0.3) is 0 Å². The van der Waals surface area contributed by atoms with Crippen LogP contribution < -0.4 is 0 Å². The first-order valence-electron chi connectivity index (χ1n) is 9.09. The highest BCUT2D eigenvalue weighted by Gasteiger charge is 2.54. The molecular weight excluding hydrogens is 344 g/mol. The number of rotatable bonds is 3. The predicted molar refractivity (Wildman–Crippen MR) is 96.8 cm³/mol. The Hall–Kier alpha value is -0.560. The van der Waals surface area contributed by atoms with E-state index in [1.54, 1.807) is 0 Å². The summed E-state index contributed by atoms with van der Waals surface area (Å²) in [6, 6.07) is 0.417. The minimum absolute atomic E-state index is 0.0231. The van der Waals surface area contributed by atoms with E-state index < -0.39 is 9.84 Å². The minimum Gasteiger partial charge on any atom is -0.343 e. The van der Waals surface area contributed by atoms with E-state index in [1.807, 2.05) is 13.8 Å². The van der Waals surface area contributed by atoms with Gasteiger partial charge in [0, 0.05) is 17.7 Å². The quantitative estimate of drug-likeness (QED) is 0.763. The normalized spacial score (nSPS) is 41.5. The van der Waals surface area contributed by atoms with Gasteiger partial charge in [0.25, 0.3) is 0 Å². The first-order chi connectivity index (χ1) is 11.3. The van der Waals surface area contributed by atoms with Crippen LogP contribution in [0.2, 0.25) is 0 Å². The van der Waals surface area contributed by atoms with E-state index in [9.17, 15) is 13.2 Å². The van der Waals surface area contributed by atoms with E-state index in [0.29, 0.717) is 24.3 Å². The first-order valence-corrected chi connectivity index (χ1v) is 11.8. The number of hydrogen-bond donors (Lipinski definition) is 0. The third-order valence-corrected chi connectivity index (χ3v) is 9.19. The Kier molecular flexibility index (Phi) is 4.23. The van der Waals surface area contributed by atoms with Gasteiger partial charge >= 0.3 is 0 Å². The molecule has 0 aromatic heterocycles. The van der Waals surface area contributed by atoms with Crippen molar-refractivity contribution >= 4 is 32.7 Å². The van der Waals surface area contributed by atoms with Gasteiger partial charge in [0.05, 0.1) is 17.5 Å². The van der Waals surface area contributed by atoms with Gasteiger partial charge in [-0.25, -0.2) is 8.42 Å². The van der Waals surface area contributed by atoms with Crippen LogP contribution in [-0.2, 0) is 14.6 Å². The molecule has 0 aromatic rings. The molecule has 0 aromatic carbocycles. The number of carbonyl (C=O) groups excluding carboxylic acids is 1. The summed E-state index contributed by atoms with van der Waals surface area (Å²) in [6.45, 7) is 4.05. The van der Waals surface area contributed by atoms with Gasteiger partial charge in [-0.1, -0.05) is 32.0 Å². The molecule has 2 aliphatic heterocycles. The van der Waals surface area contributed by atoms with Gasteiger partial charge in [-0.3, -0.25) is 4.79 Å². The Bertz CT molecular complexity index is 673. The van der Waals surface area contributed by atoms with Crippen LogP contribution in [0, 0.1) is 17.8 Å². The fourth-order valence-electron chi connectivity index (χ4n) is 5.03. The van der Waals surface area contributed by atoms with E-state index in [1.165, 1.54) is 31.0 Å². The molecule has 0 unspecified atom stereocenters. The second kappa shape index (κ2) is 6.01. The lowest BCUT2D eigenvalue weighted by Crippen LogP contribution is -2.47. The van der Waals surface area contributed by atoms with Crippen LogP contribution in [0.5, 0.6) is 0 Å².